The van der Waals surface area contributed by atoms with E-state index in [4.69, 9.17) is 9.47 Å². The van der Waals surface area contributed by atoms with Crippen molar-refractivity contribution in [2.24, 2.45) is 0 Å². The Morgan fingerprint density at radius 2 is 1.97 bits per heavy atom. The normalized spacial score (nSPS) is 23.4. The highest BCUT2D eigenvalue weighted by Gasteiger charge is 2.44. The molecule has 1 aliphatic rings. The fourth-order valence-corrected chi connectivity index (χ4v) is 3.31. The van der Waals surface area contributed by atoms with Gasteiger partial charge in [-0.15, -0.1) is 0 Å². The molecule has 12 nitrogen and oxygen atoms in total. The number of imidazole rings is 1. The number of aromatic nitrogens is 4. The minimum absolute atomic E-state index is 0.0207. The monoisotopic (exact) mass is 435 g/mol. The summed E-state index contributed by atoms with van der Waals surface area (Å²) in [6.07, 6.45) is -4.36. The summed E-state index contributed by atoms with van der Waals surface area (Å²) >= 11 is 0. The quantitative estimate of drug-likeness (QED) is 0.263. The van der Waals surface area contributed by atoms with Gasteiger partial charge in [-0.2, -0.15) is 14.4 Å². The van der Waals surface area contributed by atoms with Crippen molar-refractivity contribution >= 4 is 16.9 Å². The number of nitro groups is 1. The predicted molar refractivity (Wildman–Crippen MR) is 101 cm³/mol. The number of fused-ring (bicyclic) bond motifs is 1. The second kappa shape index (κ2) is 8.47. The van der Waals surface area contributed by atoms with Crippen molar-refractivity contribution in [1.82, 2.24) is 19.5 Å². The van der Waals surface area contributed by atoms with Gasteiger partial charge in [0.25, 0.3) is 5.69 Å². The lowest BCUT2D eigenvalue weighted by Crippen LogP contribution is -2.33. The van der Waals surface area contributed by atoms with Gasteiger partial charge >= 0.3 is 6.08 Å². The largest absolute Gasteiger partial charge is 0.476 e. The molecule has 1 aromatic carbocycles. The van der Waals surface area contributed by atoms with E-state index in [1.54, 1.807) is 12.1 Å². The average Bonchev–Trinajstić information content (AvgIpc) is 3.29. The molecule has 0 amide bonds. The molecule has 1 fully saturated rings. The Labute approximate surface area is 173 Å². The number of benzene rings is 1. The van der Waals surface area contributed by atoms with Gasteiger partial charge in [0, 0.05) is 18.6 Å². The molecule has 0 aliphatic carbocycles. The molecular formula is C18H18FN5O7. The first-order valence-electron chi connectivity index (χ1n) is 9.27. The van der Waals surface area contributed by atoms with Gasteiger partial charge in [0.1, 0.15) is 18.3 Å². The fourth-order valence-electron chi connectivity index (χ4n) is 3.31. The summed E-state index contributed by atoms with van der Waals surface area (Å²) in [6.45, 7) is -0.425. The number of non-ortho nitro benzene ring substituents is 1. The summed E-state index contributed by atoms with van der Waals surface area (Å²) in [5, 5.41) is 40.1. The van der Waals surface area contributed by atoms with Crippen LogP contribution in [0, 0.1) is 16.2 Å². The first-order chi connectivity index (χ1) is 14.9. The van der Waals surface area contributed by atoms with E-state index in [0.717, 1.165) is 5.56 Å². The minimum atomic E-state index is -1.39. The van der Waals surface area contributed by atoms with Crippen LogP contribution in [0.5, 0.6) is 5.88 Å². The lowest BCUT2D eigenvalue weighted by Gasteiger charge is -2.16. The van der Waals surface area contributed by atoms with E-state index >= 15 is 0 Å². The number of halogens is 1. The molecule has 4 rings (SSSR count). The Morgan fingerprint density at radius 3 is 2.61 bits per heavy atom. The van der Waals surface area contributed by atoms with Crippen LogP contribution >= 0.6 is 0 Å². The Morgan fingerprint density at radius 1 is 1.23 bits per heavy atom. The van der Waals surface area contributed by atoms with E-state index in [1.807, 2.05) is 0 Å². The molecule has 164 valence electrons. The second-order valence-corrected chi connectivity index (χ2v) is 6.87. The summed E-state index contributed by atoms with van der Waals surface area (Å²) < 4.78 is 26.2. The van der Waals surface area contributed by atoms with Crippen LogP contribution in [0.3, 0.4) is 0 Å². The highest BCUT2D eigenvalue weighted by molar-refractivity contribution is 5.76. The van der Waals surface area contributed by atoms with Gasteiger partial charge in [-0.3, -0.25) is 14.7 Å². The number of hydrogen-bond acceptors (Lipinski definition) is 10. The van der Waals surface area contributed by atoms with Crippen LogP contribution in [0.4, 0.5) is 10.1 Å². The fraction of sp³-hybridized carbons (Fsp3) is 0.389. The van der Waals surface area contributed by atoms with Crippen molar-refractivity contribution in [3.63, 3.8) is 0 Å². The highest BCUT2D eigenvalue weighted by atomic mass is 19.1. The molecule has 1 saturated heterocycles. The van der Waals surface area contributed by atoms with Crippen LogP contribution in [-0.2, 0) is 11.2 Å². The summed E-state index contributed by atoms with van der Waals surface area (Å²) in [6, 6.07) is 5.93. The molecule has 0 unspecified atom stereocenters. The van der Waals surface area contributed by atoms with Gasteiger partial charge in [0.15, 0.2) is 17.4 Å². The molecular weight excluding hydrogens is 417 g/mol. The number of aliphatic hydroxyl groups excluding tert-OH is 3. The Hall–Kier alpha value is -3.26. The summed E-state index contributed by atoms with van der Waals surface area (Å²) in [7, 11) is 0. The van der Waals surface area contributed by atoms with Crippen LogP contribution in [0.25, 0.3) is 11.2 Å². The Balaban J connectivity index is 1.52. The molecule has 0 bridgehead atoms. The number of hydrogen-bond donors (Lipinski definition) is 3. The molecule has 0 saturated carbocycles. The van der Waals surface area contributed by atoms with E-state index in [0.29, 0.717) is 6.42 Å². The highest BCUT2D eigenvalue weighted by Crippen LogP contribution is 2.32. The zero-order valence-corrected chi connectivity index (χ0v) is 15.9. The average molecular weight is 435 g/mol. The third-order valence-electron chi connectivity index (χ3n) is 4.93. The lowest BCUT2D eigenvalue weighted by molar-refractivity contribution is -0.384. The summed E-state index contributed by atoms with van der Waals surface area (Å²) in [4.78, 5) is 21.6. The van der Waals surface area contributed by atoms with Crippen molar-refractivity contribution in [2.45, 2.75) is 31.0 Å². The zero-order valence-electron chi connectivity index (χ0n) is 15.9. The van der Waals surface area contributed by atoms with Crippen molar-refractivity contribution in [2.75, 3.05) is 13.2 Å². The zero-order chi connectivity index (χ0) is 22.1. The molecule has 2 aromatic heterocycles. The van der Waals surface area contributed by atoms with Crippen molar-refractivity contribution in [3.8, 4) is 5.88 Å². The number of rotatable bonds is 7. The molecule has 1 aliphatic heterocycles. The standard InChI is InChI=1S/C18H18FN5O7/c19-18-21-15-12(20-8-23(15)17-14(27)13(26)11(7-25)31-17)16(22-18)30-6-5-9-1-3-10(4-2-9)24(28)29/h1-4,8,11,13-14,17,25-27H,5-7H2/t11-,13-,14-,17-/m1/s1. The van der Waals surface area contributed by atoms with Gasteiger partial charge in [-0.25, -0.2) is 4.98 Å². The maximum absolute atomic E-state index is 14.0. The van der Waals surface area contributed by atoms with Gasteiger partial charge in [-0.1, -0.05) is 12.1 Å². The summed E-state index contributed by atoms with van der Waals surface area (Å²) in [5.74, 6) is -0.130. The topological polar surface area (TPSA) is 166 Å². The van der Waals surface area contributed by atoms with Crippen LogP contribution < -0.4 is 4.74 Å². The lowest BCUT2D eigenvalue weighted by atomic mass is 10.1. The van der Waals surface area contributed by atoms with Gasteiger partial charge in [0.2, 0.25) is 5.88 Å². The van der Waals surface area contributed by atoms with Gasteiger partial charge in [-0.05, 0) is 5.56 Å². The van der Waals surface area contributed by atoms with E-state index in [1.165, 1.54) is 23.0 Å². The maximum atomic E-state index is 14.0. The number of aliphatic hydroxyl groups is 3. The molecule has 31 heavy (non-hydrogen) atoms. The van der Waals surface area contributed by atoms with E-state index < -0.39 is 42.1 Å². The SMILES string of the molecule is O=[N+]([O-])c1ccc(CCOc2nc(F)nc3c2ncn3[C@@H]2O[C@H](CO)[C@@H](O)[C@H]2O)cc1. The first kappa shape index (κ1) is 21.0. The van der Waals surface area contributed by atoms with Crippen molar-refractivity contribution < 1.29 is 34.1 Å². The van der Waals surface area contributed by atoms with Crippen LogP contribution in [0.1, 0.15) is 11.8 Å². The van der Waals surface area contributed by atoms with E-state index in [9.17, 15) is 29.8 Å². The molecule has 0 spiro atoms. The molecule has 3 heterocycles. The van der Waals surface area contributed by atoms with Crippen molar-refractivity contribution in [1.29, 1.82) is 0 Å². The smallest absolute Gasteiger partial charge is 0.314 e. The van der Waals surface area contributed by atoms with Crippen LogP contribution in [0.15, 0.2) is 30.6 Å². The number of ether oxygens (including phenoxy) is 2. The molecule has 3 aromatic rings. The van der Waals surface area contributed by atoms with Crippen LogP contribution in [-0.4, -0.2) is 71.3 Å². The van der Waals surface area contributed by atoms with Gasteiger partial charge in [0.05, 0.1) is 24.5 Å². The molecule has 4 atom stereocenters. The number of nitrogens with zero attached hydrogens (tertiary/aromatic N) is 5. The van der Waals surface area contributed by atoms with Crippen LogP contribution in [0.2, 0.25) is 0 Å². The van der Waals surface area contributed by atoms with Crippen molar-refractivity contribution in [3.05, 3.63) is 52.3 Å². The Kier molecular flexibility index (Phi) is 5.73. The molecule has 3 N–H and O–H groups in total. The second-order valence-electron chi connectivity index (χ2n) is 6.87. The number of nitro benzene ring substituents is 1. The summed E-state index contributed by atoms with van der Waals surface area (Å²) in [5.41, 5.74) is 0.837. The third kappa shape index (κ3) is 4.03. The van der Waals surface area contributed by atoms with E-state index in [-0.39, 0.29) is 29.3 Å². The predicted octanol–water partition coefficient (Wildman–Crippen LogP) is 0.107. The van der Waals surface area contributed by atoms with Gasteiger partial charge < -0.3 is 24.8 Å². The third-order valence-corrected chi connectivity index (χ3v) is 4.93. The minimum Gasteiger partial charge on any atom is -0.476 e. The molecule has 13 heteroatoms. The Bertz CT molecular complexity index is 1090. The molecule has 0 radical (unpaired) electrons. The van der Waals surface area contributed by atoms with E-state index in [2.05, 4.69) is 15.0 Å². The first-order valence-corrected chi connectivity index (χ1v) is 9.27. The maximum Gasteiger partial charge on any atom is 0.314 e.